The van der Waals surface area contributed by atoms with Crippen LogP contribution in [0.25, 0.3) is 0 Å². The molecule has 1 fully saturated rings. The quantitative estimate of drug-likeness (QED) is 0.718. The van der Waals surface area contributed by atoms with Crippen molar-refractivity contribution in [3.63, 3.8) is 0 Å². The summed E-state index contributed by atoms with van der Waals surface area (Å²) < 4.78 is 0. The molecule has 1 aliphatic heterocycles. The minimum Gasteiger partial charge on any atom is -0.332 e. The van der Waals surface area contributed by atoms with E-state index in [9.17, 15) is 0 Å². The van der Waals surface area contributed by atoms with Crippen LogP contribution in [0.3, 0.4) is 0 Å². The molecule has 1 N–H and O–H groups in total. The highest BCUT2D eigenvalue weighted by molar-refractivity contribution is 8.00. The Hall–Kier alpha value is -0.253. The average Bonchev–Trinajstić information content (AvgIpc) is 2.83. The van der Waals surface area contributed by atoms with Crippen LogP contribution in [-0.4, -0.2) is 19.0 Å². The monoisotopic (exact) mass is 333 g/mol. The normalized spacial score (nSPS) is 34.6. The molecule has 1 aliphatic carbocycles. The van der Waals surface area contributed by atoms with Gasteiger partial charge in [-0.25, -0.2) is 0 Å². The van der Waals surface area contributed by atoms with E-state index in [0.717, 1.165) is 28.5 Å². The lowest BCUT2D eigenvalue weighted by atomic mass is 9.87. The first-order chi connectivity index (χ1) is 10.1. The van der Waals surface area contributed by atoms with E-state index >= 15 is 0 Å². The van der Waals surface area contributed by atoms with Crippen LogP contribution < -0.4 is 4.98 Å². The standard InChI is InChI=1S/C19H31NSSi/c1-12-13(2)18(22(6,7)20-19(3,4)5)17-16(12)14-10-8-9-11-15(14)21-17/h8-13,16-18,20H,1-7H3. The van der Waals surface area contributed by atoms with Gasteiger partial charge in [-0.3, -0.25) is 0 Å². The Kier molecular flexibility index (Phi) is 4.07. The number of hydrogen-bond acceptors (Lipinski definition) is 2. The molecule has 1 aromatic rings. The molecule has 0 amide bonds. The van der Waals surface area contributed by atoms with Gasteiger partial charge in [0.1, 0.15) is 8.24 Å². The van der Waals surface area contributed by atoms with Crippen molar-refractivity contribution in [2.45, 2.75) is 74.9 Å². The predicted molar refractivity (Wildman–Crippen MR) is 101 cm³/mol. The number of hydrogen-bond donors (Lipinski definition) is 1. The SMILES string of the molecule is CC1C(C)C([Si](C)(C)NC(C)(C)C)C2Sc3ccccc3C12. The fraction of sp³-hybridized carbons (Fsp3) is 0.684. The van der Waals surface area contributed by atoms with Crippen LogP contribution in [0.15, 0.2) is 29.2 Å². The molecule has 0 radical (unpaired) electrons. The molecule has 5 unspecified atom stereocenters. The van der Waals surface area contributed by atoms with Crippen LogP contribution in [0.5, 0.6) is 0 Å². The first-order valence-electron chi connectivity index (χ1n) is 8.67. The average molecular weight is 334 g/mol. The Labute approximate surface area is 141 Å². The zero-order valence-corrected chi connectivity index (χ0v) is 16.9. The predicted octanol–water partition coefficient (Wildman–Crippen LogP) is 5.49. The maximum absolute atomic E-state index is 4.05. The van der Waals surface area contributed by atoms with Gasteiger partial charge in [-0.1, -0.05) is 45.1 Å². The van der Waals surface area contributed by atoms with Crippen molar-refractivity contribution in [2.75, 3.05) is 0 Å². The minimum atomic E-state index is -1.51. The Morgan fingerprint density at radius 3 is 2.32 bits per heavy atom. The van der Waals surface area contributed by atoms with Crippen LogP contribution in [0.2, 0.25) is 18.6 Å². The maximum atomic E-state index is 4.05. The fourth-order valence-electron chi connectivity index (χ4n) is 5.21. The molecule has 0 spiro atoms. The third-order valence-corrected chi connectivity index (χ3v) is 11.4. The molecular formula is C19H31NSSi. The summed E-state index contributed by atoms with van der Waals surface area (Å²) in [6, 6.07) is 9.14. The van der Waals surface area contributed by atoms with E-state index in [0.29, 0.717) is 0 Å². The third kappa shape index (κ3) is 2.69. The van der Waals surface area contributed by atoms with Crippen molar-refractivity contribution >= 4 is 20.0 Å². The molecular weight excluding hydrogens is 302 g/mol. The van der Waals surface area contributed by atoms with Crippen molar-refractivity contribution in [2.24, 2.45) is 11.8 Å². The smallest absolute Gasteiger partial charge is 0.124 e. The minimum absolute atomic E-state index is 0.215. The van der Waals surface area contributed by atoms with E-state index in [1.807, 2.05) is 0 Å². The van der Waals surface area contributed by atoms with Gasteiger partial charge in [0.05, 0.1) is 0 Å². The summed E-state index contributed by atoms with van der Waals surface area (Å²) in [5, 5.41) is 0.777. The van der Waals surface area contributed by atoms with Crippen molar-refractivity contribution in [3.8, 4) is 0 Å². The molecule has 1 heterocycles. The molecule has 1 nitrogen and oxygen atoms in total. The molecule has 3 heteroatoms. The Balaban J connectivity index is 1.95. The third-order valence-electron chi connectivity index (χ3n) is 5.74. The van der Waals surface area contributed by atoms with Crippen LogP contribution >= 0.6 is 11.8 Å². The largest absolute Gasteiger partial charge is 0.332 e. The zero-order valence-electron chi connectivity index (χ0n) is 15.1. The summed E-state index contributed by atoms with van der Waals surface area (Å²) >= 11 is 2.17. The first-order valence-corrected chi connectivity index (χ1v) is 12.6. The van der Waals surface area contributed by atoms with Gasteiger partial charge in [-0.15, -0.1) is 11.8 Å². The Morgan fingerprint density at radius 2 is 1.68 bits per heavy atom. The van der Waals surface area contributed by atoms with E-state index in [-0.39, 0.29) is 5.54 Å². The van der Waals surface area contributed by atoms with Crippen LogP contribution in [0, 0.1) is 11.8 Å². The van der Waals surface area contributed by atoms with E-state index < -0.39 is 8.24 Å². The van der Waals surface area contributed by atoms with Gasteiger partial charge in [0.15, 0.2) is 0 Å². The highest BCUT2D eigenvalue weighted by Gasteiger charge is 2.56. The zero-order chi connectivity index (χ0) is 16.3. The topological polar surface area (TPSA) is 12.0 Å². The van der Waals surface area contributed by atoms with Crippen LogP contribution in [0.4, 0.5) is 0 Å². The molecule has 1 saturated carbocycles. The molecule has 2 aliphatic rings. The Morgan fingerprint density at radius 1 is 1.05 bits per heavy atom. The van der Waals surface area contributed by atoms with Gasteiger partial charge in [0, 0.05) is 21.6 Å². The van der Waals surface area contributed by atoms with Crippen molar-refractivity contribution in [1.82, 2.24) is 4.98 Å². The lowest BCUT2D eigenvalue weighted by Crippen LogP contribution is -2.59. The molecule has 5 atom stereocenters. The number of nitrogens with one attached hydrogen (secondary N) is 1. The van der Waals surface area contributed by atoms with Gasteiger partial charge in [0.2, 0.25) is 0 Å². The highest BCUT2D eigenvalue weighted by atomic mass is 32.2. The summed E-state index contributed by atoms with van der Waals surface area (Å²) in [6.07, 6.45) is 0. The second-order valence-corrected chi connectivity index (χ2v) is 14.6. The molecule has 0 bridgehead atoms. The number of rotatable bonds is 2. The summed E-state index contributed by atoms with van der Waals surface area (Å²) in [7, 11) is -1.51. The summed E-state index contributed by atoms with van der Waals surface area (Å²) in [4.78, 5) is 5.60. The lowest BCUT2D eigenvalue weighted by molar-refractivity contribution is 0.413. The van der Waals surface area contributed by atoms with Gasteiger partial charge in [0.25, 0.3) is 0 Å². The summed E-state index contributed by atoms with van der Waals surface area (Å²) in [5.41, 5.74) is 2.68. The van der Waals surface area contributed by atoms with Crippen LogP contribution in [0.1, 0.15) is 46.1 Å². The second-order valence-electron chi connectivity index (χ2n) is 8.99. The fourth-order valence-corrected chi connectivity index (χ4v) is 12.9. The van der Waals surface area contributed by atoms with Gasteiger partial charge in [-0.05, 0) is 49.8 Å². The van der Waals surface area contributed by atoms with Crippen molar-refractivity contribution < 1.29 is 0 Å². The van der Waals surface area contributed by atoms with E-state index in [2.05, 4.69) is 88.7 Å². The highest BCUT2D eigenvalue weighted by Crippen LogP contribution is 2.64. The lowest BCUT2D eigenvalue weighted by Gasteiger charge is -2.41. The van der Waals surface area contributed by atoms with E-state index in [1.54, 1.807) is 10.5 Å². The number of benzene rings is 1. The molecule has 0 saturated heterocycles. The van der Waals surface area contributed by atoms with Crippen LogP contribution in [-0.2, 0) is 0 Å². The van der Waals surface area contributed by atoms with Gasteiger partial charge >= 0.3 is 0 Å². The Bertz CT molecular complexity index is 563. The summed E-state index contributed by atoms with van der Waals surface area (Å²) in [5.74, 6) is 2.36. The van der Waals surface area contributed by atoms with E-state index in [4.69, 9.17) is 0 Å². The maximum Gasteiger partial charge on any atom is 0.124 e. The van der Waals surface area contributed by atoms with Gasteiger partial charge < -0.3 is 4.98 Å². The number of fused-ring (bicyclic) bond motifs is 3. The van der Waals surface area contributed by atoms with Gasteiger partial charge in [-0.2, -0.15) is 0 Å². The van der Waals surface area contributed by atoms with E-state index in [1.165, 1.54) is 0 Å². The molecule has 3 rings (SSSR count). The molecule has 0 aromatic heterocycles. The van der Waals surface area contributed by atoms with Crippen molar-refractivity contribution in [3.05, 3.63) is 29.8 Å². The molecule has 122 valence electrons. The summed E-state index contributed by atoms with van der Waals surface area (Å²) in [6.45, 7) is 17.1. The number of thioether (sulfide) groups is 1. The second kappa shape index (κ2) is 5.39. The molecule has 1 aromatic carbocycles. The molecule has 22 heavy (non-hydrogen) atoms. The van der Waals surface area contributed by atoms with Crippen molar-refractivity contribution in [1.29, 1.82) is 0 Å². The first kappa shape index (κ1) is 16.6.